The molecule has 0 unspecified atom stereocenters. The molecule has 37 heavy (non-hydrogen) atoms. The van der Waals surface area contributed by atoms with Gasteiger partial charge >= 0.3 is 0 Å². The second-order valence-corrected chi connectivity index (χ2v) is 8.61. The maximum atomic E-state index is 11.7. The van der Waals surface area contributed by atoms with Crippen LogP contribution in [0.2, 0.25) is 0 Å². The van der Waals surface area contributed by atoms with Crippen LogP contribution < -0.4 is 25.0 Å². The van der Waals surface area contributed by atoms with Gasteiger partial charge in [0.2, 0.25) is 17.7 Å². The van der Waals surface area contributed by atoms with Crippen molar-refractivity contribution in [1.29, 1.82) is 0 Å². The maximum absolute atomic E-state index is 11.7. The van der Waals surface area contributed by atoms with Crippen LogP contribution in [0.15, 0.2) is 61.3 Å². The third-order valence-corrected chi connectivity index (χ3v) is 6.08. The SMILES string of the molecule is C=CC(=O)Nc1cccc(Oc2nc(Nc3ccc(N4CCN(C)CC4)cc3OC)nc3[nH]ncc23)c1. The Bertz CT molecular complexity index is 1430. The molecule has 0 aliphatic carbocycles. The summed E-state index contributed by atoms with van der Waals surface area (Å²) in [6, 6.07) is 13.0. The molecule has 0 bridgehead atoms. The number of likely N-dealkylation sites (N-methyl/N-ethyl adjacent to an activating group) is 1. The zero-order chi connectivity index (χ0) is 25.8. The zero-order valence-electron chi connectivity index (χ0n) is 20.7. The minimum atomic E-state index is -0.310. The Morgan fingerprint density at radius 1 is 1.14 bits per heavy atom. The van der Waals surface area contributed by atoms with E-state index in [0.29, 0.717) is 40.0 Å². The number of nitrogens with zero attached hydrogens (tertiary/aromatic N) is 5. The fourth-order valence-electron chi connectivity index (χ4n) is 4.05. The first-order chi connectivity index (χ1) is 18.0. The van der Waals surface area contributed by atoms with E-state index in [1.807, 2.05) is 12.1 Å². The summed E-state index contributed by atoms with van der Waals surface area (Å²) in [6.45, 7) is 7.44. The maximum Gasteiger partial charge on any atom is 0.247 e. The Balaban J connectivity index is 1.40. The number of aromatic amines is 1. The summed E-state index contributed by atoms with van der Waals surface area (Å²) in [5, 5.41) is 13.5. The summed E-state index contributed by atoms with van der Waals surface area (Å²) in [6.07, 6.45) is 2.81. The van der Waals surface area contributed by atoms with E-state index >= 15 is 0 Å². The van der Waals surface area contributed by atoms with Crippen molar-refractivity contribution in [2.45, 2.75) is 0 Å². The number of amides is 1. The van der Waals surface area contributed by atoms with Crippen LogP contribution in [0.4, 0.5) is 23.0 Å². The van der Waals surface area contributed by atoms with Crippen LogP contribution in [-0.4, -0.2) is 71.3 Å². The lowest BCUT2D eigenvalue weighted by molar-refractivity contribution is -0.111. The van der Waals surface area contributed by atoms with Crippen molar-refractivity contribution in [3.05, 3.63) is 61.3 Å². The number of fused-ring (bicyclic) bond motifs is 1. The van der Waals surface area contributed by atoms with E-state index in [9.17, 15) is 4.79 Å². The fraction of sp³-hybridized carbons (Fsp3) is 0.231. The molecule has 2 aromatic carbocycles. The van der Waals surface area contributed by atoms with Crippen molar-refractivity contribution in [3.8, 4) is 17.4 Å². The van der Waals surface area contributed by atoms with E-state index in [1.165, 1.54) is 6.08 Å². The summed E-state index contributed by atoms with van der Waals surface area (Å²) >= 11 is 0. The van der Waals surface area contributed by atoms with Crippen LogP contribution >= 0.6 is 0 Å². The molecule has 0 spiro atoms. The molecular formula is C26H28N8O3. The topological polar surface area (TPSA) is 121 Å². The molecule has 4 aromatic rings. The van der Waals surface area contributed by atoms with E-state index in [4.69, 9.17) is 9.47 Å². The standard InChI is InChI=1S/C26H28N8O3/c1-4-23(35)28-17-6-5-7-19(14-17)37-25-20-16-27-32-24(20)30-26(31-25)29-21-9-8-18(15-22(21)36-3)34-12-10-33(2)11-13-34/h4-9,14-16H,1,10-13H2,2-3H3,(H,28,35)(H2,27,29,30,31,32). The van der Waals surface area contributed by atoms with Gasteiger partial charge in [-0.15, -0.1) is 0 Å². The first kappa shape index (κ1) is 24.1. The van der Waals surface area contributed by atoms with Crippen molar-refractivity contribution in [2.75, 3.05) is 55.9 Å². The van der Waals surface area contributed by atoms with Crippen LogP contribution in [0.1, 0.15) is 0 Å². The zero-order valence-corrected chi connectivity index (χ0v) is 20.7. The van der Waals surface area contributed by atoms with Crippen LogP contribution in [0, 0.1) is 0 Å². The monoisotopic (exact) mass is 500 g/mol. The molecule has 1 saturated heterocycles. The van der Waals surface area contributed by atoms with Gasteiger partial charge in [0.05, 0.1) is 19.0 Å². The number of piperazine rings is 1. The van der Waals surface area contributed by atoms with Crippen LogP contribution in [-0.2, 0) is 4.79 Å². The molecule has 1 fully saturated rings. The van der Waals surface area contributed by atoms with Crippen LogP contribution in [0.3, 0.4) is 0 Å². The predicted octanol–water partition coefficient (Wildman–Crippen LogP) is 3.77. The highest BCUT2D eigenvalue weighted by Crippen LogP contribution is 2.34. The molecule has 1 aliphatic heterocycles. The lowest BCUT2D eigenvalue weighted by Crippen LogP contribution is -2.44. The lowest BCUT2D eigenvalue weighted by atomic mass is 10.2. The van der Waals surface area contributed by atoms with E-state index in [1.54, 1.807) is 37.6 Å². The van der Waals surface area contributed by atoms with Crippen molar-refractivity contribution in [1.82, 2.24) is 25.1 Å². The number of methoxy groups -OCH3 is 1. The fourth-order valence-corrected chi connectivity index (χ4v) is 4.05. The molecule has 0 radical (unpaired) electrons. The highest BCUT2D eigenvalue weighted by molar-refractivity contribution is 5.99. The average molecular weight is 501 g/mol. The summed E-state index contributed by atoms with van der Waals surface area (Å²) in [7, 11) is 3.77. The van der Waals surface area contributed by atoms with Crippen molar-refractivity contribution >= 4 is 40.0 Å². The number of hydrogen-bond donors (Lipinski definition) is 3. The number of anilines is 4. The molecule has 1 aliphatic rings. The molecule has 1 amide bonds. The molecule has 0 atom stereocenters. The Morgan fingerprint density at radius 3 is 2.76 bits per heavy atom. The van der Waals surface area contributed by atoms with Gasteiger partial charge in [0, 0.05) is 49.7 Å². The number of carbonyl (C=O) groups is 1. The van der Waals surface area contributed by atoms with Crippen LogP contribution in [0.5, 0.6) is 17.4 Å². The molecule has 11 nitrogen and oxygen atoms in total. The lowest BCUT2D eigenvalue weighted by Gasteiger charge is -2.34. The smallest absolute Gasteiger partial charge is 0.247 e. The van der Waals surface area contributed by atoms with E-state index in [-0.39, 0.29) is 5.91 Å². The van der Waals surface area contributed by atoms with E-state index in [2.05, 4.69) is 60.3 Å². The summed E-state index contributed by atoms with van der Waals surface area (Å²) in [5.74, 6) is 1.48. The largest absolute Gasteiger partial charge is 0.494 e. The second-order valence-electron chi connectivity index (χ2n) is 8.61. The molecule has 0 saturated carbocycles. The number of ether oxygens (including phenoxy) is 2. The van der Waals surface area contributed by atoms with Gasteiger partial charge in [0.15, 0.2) is 5.65 Å². The number of aromatic nitrogens is 4. The van der Waals surface area contributed by atoms with E-state index in [0.717, 1.165) is 37.6 Å². The number of benzene rings is 2. The van der Waals surface area contributed by atoms with Gasteiger partial charge in [0.25, 0.3) is 0 Å². The Morgan fingerprint density at radius 2 is 1.97 bits per heavy atom. The number of carbonyl (C=O) groups excluding carboxylic acids is 1. The highest BCUT2D eigenvalue weighted by atomic mass is 16.5. The molecule has 3 N–H and O–H groups in total. The number of rotatable bonds is 8. The number of nitrogens with one attached hydrogen (secondary N) is 3. The summed E-state index contributed by atoms with van der Waals surface area (Å²) in [5.41, 5.74) is 2.91. The van der Waals surface area contributed by atoms with Crippen molar-refractivity contribution in [3.63, 3.8) is 0 Å². The molecule has 11 heteroatoms. The third kappa shape index (κ3) is 5.46. The van der Waals surface area contributed by atoms with Gasteiger partial charge in [-0.3, -0.25) is 9.89 Å². The third-order valence-electron chi connectivity index (χ3n) is 6.08. The van der Waals surface area contributed by atoms with Gasteiger partial charge in [-0.25, -0.2) is 0 Å². The average Bonchev–Trinajstić information content (AvgIpc) is 3.39. The first-order valence-corrected chi connectivity index (χ1v) is 11.8. The molecule has 190 valence electrons. The Kier molecular flexibility index (Phi) is 6.86. The molecule has 3 heterocycles. The molecule has 5 rings (SSSR count). The predicted molar refractivity (Wildman–Crippen MR) is 143 cm³/mol. The van der Waals surface area contributed by atoms with Crippen molar-refractivity contribution in [2.24, 2.45) is 0 Å². The Hall–Kier alpha value is -4.64. The summed E-state index contributed by atoms with van der Waals surface area (Å²) in [4.78, 5) is 25.4. The van der Waals surface area contributed by atoms with Gasteiger partial charge in [0.1, 0.15) is 16.9 Å². The van der Waals surface area contributed by atoms with Gasteiger partial charge in [-0.2, -0.15) is 15.1 Å². The van der Waals surface area contributed by atoms with Gasteiger partial charge in [-0.05, 0) is 37.4 Å². The number of hydrogen-bond acceptors (Lipinski definition) is 9. The van der Waals surface area contributed by atoms with Crippen LogP contribution in [0.25, 0.3) is 11.0 Å². The minimum absolute atomic E-state index is 0.307. The van der Waals surface area contributed by atoms with Gasteiger partial charge < -0.3 is 29.9 Å². The normalized spacial score (nSPS) is 13.8. The molecular weight excluding hydrogens is 472 g/mol. The van der Waals surface area contributed by atoms with Gasteiger partial charge in [-0.1, -0.05) is 12.6 Å². The highest BCUT2D eigenvalue weighted by Gasteiger charge is 2.17. The van der Waals surface area contributed by atoms with E-state index < -0.39 is 0 Å². The summed E-state index contributed by atoms with van der Waals surface area (Å²) < 4.78 is 11.8. The van der Waals surface area contributed by atoms with Crippen molar-refractivity contribution < 1.29 is 14.3 Å². The Labute approximate surface area is 214 Å². The number of H-pyrrole nitrogens is 1. The first-order valence-electron chi connectivity index (χ1n) is 11.8. The second kappa shape index (κ2) is 10.5. The molecule has 2 aromatic heterocycles. The quantitative estimate of drug-likeness (QED) is 0.310. The minimum Gasteiger partial charge on any atom is -0.494 e.